The van der Waals surface area contributed by atoms with E-state index in [-0.39, 0.29) is 6.10 Å². The van der Waals surface area contributed by atoms with Crippen LogP contribution in [-0.4, -0.2) is 62.0 Å². The molecule has 112 valence electrons. The maximum Gasteiger partial charge on any atom is 0.0695 e. The van der Waals surface area contributed by atoms with E-state index in [0.29, 0.717) is 6.04 Å². The molecule has 4 heteroatoms. The second-order valence-corrected chi connectivity index (χ2v) is 6.12. The van der Waals surface area contributed by atoms with Crippen LogP contribution in [0.4, 0.5) is 0 Å². The standard InChI is InChI=1S/C15H30N2O2/c1-19-10-8-16-11-13-5-4-9-17(12-13)14-6-2-3-7-15(14)18/h13-16,18H,2-12H2,1H3. The Bertz CT molecular complexity index is 250. The highest BCUT2D eigenvalue weighted by atomic mass is 16.5. The predicted molar refractivity (Wildman–Crippen MR) is 77.3 cm³/mol. The van der Waals surface area contributed by atoms with Gasteiger partial charge in [0.25, 0.3) is 0 Å². The average Bonchev–Trinajstić information content (AvgIpc) is 2.44. The lowest BCUT2D eigenvalue weighted by atomic mass is 9.88. The Balaban J connectivity index is 1.73. The van der Waals surface area contributed by atoms with Crippen LogP contribution in [0.25, 0.3) is 0 Å². The molecule has 2 aliphatic rings. The van der Waals surface area contributed by atoms with E-state index < -0.39 is 0 Å². The Hall–Kier alpha value is -0.160. The molecule has 2 rings (SSSR count). The van der Waals surface area contributed by atoms with Gasteiger partial charge in [-0.15, -0.1) is 0 Å². The first-order valence-corrected chi connectivity index (χ1v) is 7.93. The third kappa shape index (κ3) is 4.71. The van der Waals surface area contributed by atoms with Crippen molar-refractivity contribution >= 4 is 0 Å². The van der Waals surface area contributed by atoms with Crippen molar-refractivity contribution < 1.29 is 9.84 Å². The average molecular weight is 270 g/mol. The molecule has 0 aromatic carbocycles. The first kappa shape index (κ1) is 15.2. The Labute approximate surface area is 117 Å². The van der Waals surface area contributed by atoms with E-state index in [2.05, 4.69) is 10.2 Å². The van der Waals surface area contributed by atoms with Crippen LogP contribution < -0.4 is 5.32 Å². The molecule has 3 unspecified atom stereocenters. The zero-order valence-corrected chi connectivity index (χ0v) is 12.3. The van der Waals surface area contributed by atoms with Gasteiger partial charge in [0.2, 0.25) is 0 Å². The minimum absolute atomic E-state index is 0.0889. The number of aliphatic hydroxyl groups excluding tert-OH is 1. The van der Waals surface area contributed by atoms with E-state index in [0.717, 1.165) is 38.6 Å². The molecule has 0 spiro atoms. The third-order valence-electron chi connectivity index (χ3n) is 4.63. The molecule has 1 saturated carbocycles. The number of methoxy groups -OCH3 is 1. The van der Waals surface area contributed by atoms with Gasteiger partial charge in [-0.3, -0.25) is 4.90 Å². The Morgan fingerprint density at radius 2 is 2.05 bits per heavy atom. The molecule has 0 amide bonds. The van der Waals surface area contributed by atoms with Crippen molar-refractivity contribution in [2.24, 2.45) is 5.92 Å². The second kappa shape index (κ2) is 8.20. The topological polar surface area (TPSA) is 44.7 Å². The molecule has 1 aliphatic heterocycles. The fourth-order valence-electron chi connectivity index (χ4n) is 3.56. The predicted octanol–water partition coefficient (Wildman–Crippen LogP) is 1.24. The van der Waals surface area contributed by atoms with Crippen molar-refractivity contribution in [3.8, 4) is 0 Å². The number of hydrogen-bond donors (Lipinski definition) is 2. The van der Waals surface area contributed by atoms with Gasteiger partial charge in [0.1, 0.15) is 0 Å². The number of nitrogens with one attached hydrogen (secondary N) is 1. The van der Waals surface area contributed by atoms with Crippen molar-refractivity contribution in [2.45, 2.75) is 50.7 Å². The van der Waals surface area contributed by atoms with Crippen LogP contribution in [0.5, 0.6) is 0 Å². The second-order valence-electron chi connectivity index (χ2n) is 6.12. The molecule has 1 saturated heterocycles. The number of likely N-dealkylation sites (tertiary alicyclic amines) is 1. The summed E-state index contributed by atoms with van der Waals surface area (Å²) >= 11 is 0. The smallest absolute Gasteiger partial charge is 0.0695 e. The number of piperidine rings is 1. The quantitative estimate of drug-likeness (QED) is 0.713. The molecule has 0 aromatic heterocycles. The van der Waals surface area contributed by atoms with Crippen LogP contribution in [-0.2, 0) is 4.74 Å². The van der Waals surface area contributed by atoms with Crippen LogP contribution in [0.1, 0.15) is 38.5 Å². The molecular formula is C15H30N2O2. The van der Waals surface area contributed by atoms with Crippen molar-refractivity contribution in [3.05, 3.63) is 0 Å². The van der Waals surface area contributed by atoms with Crippen LogP contribution in [0, 0.1) is 5.92 Å². The van der Waals surface area contributed by atoms with Crippen LogP contribution >= 0.6 is 0 Å². The summed E-state index contributed by atoms with van der Waals surface area (Å²) in [7, 11) is 1.74. The molecule has 2 fully saturated rings. The molecular weight excluding hydrogens is 240 g/mol. The third-order valence-corrected chi connectivity index (χ3v) is 4.63. The summed E-state index contributed by atoms with van der Waals surface area (Å²) in [6.45, 7) is 5.15. The summed E-state index contributed by atoms with van der Waals surface area (Å²) < 4.78 is 5.06. The van der Waals surface area contributed by atoms with Gasteiger partial charge in [0.15, 0.2) is 0 Å². The lowest BCUT2D eigenvalue weighted by Crippen LogP contribution is -2.50. The molecule has 1 heterocycles. The summed E-state index contributed by atoms with van der Waals surface area (Å²) in [5.74, 6) is 0.736. The molecule has 4 nitrogen and oxygen atoms in total. The van der Waals surface area contributed by atoms with Crippen molar-refractivity contribution in [1.82, 2.24) is 10.2 Å². The summed E-state index contributed by atoms with van der Waals surface area (Å²) in [5.41, 5.74) is 0. The highest BCUT2D eigenvalue weighted by Crippen LogP contribution is 2.27. The monoisotopic (exact) mass is 270 g/mol. The first-order valence-electron chi connectivity index (χ1n) is 7.93. The van der Waals surface area contributed by atoms with Gasteiger partial charge >= 0.3 is 0 Å². The zero-order valence-electron chi connectivity index (χ0n) is 12.3. The van der Waals surface area contributed by atoms with E-state index in [9.17, 15) is 5.11 Å². The van der Waals surface area contributed by atoms with Gasteiger partial charge in [-0.2, -0.15) is 0 Å². The van der Waals surface area contributed by atoms with Gasteiger partial charge in [-0.25, -0.2) is 0 Å². The number of ether oxygens (including phenoxy) is 1. The minimum atomic E-state index is -0.0889. The number of hydrogen-bond acceptors (Lipinski definition) is 4. The Morgan fingerprint density at radius 1 is 1.21 bits per heavy atom. The van der Waals surface area contributed by atoms with Crippen LogP contribution in [0.3, 0.4) is 0 Å². The van der Waals surface area contributed by atoms with Gasteiger partial charge in [-0.05, 0) is 44.7 Å². The SMILES string of the molecule is COCCNCC1CCCN(C2CCCCC2O)C1. The van der Waals surface area contributed by atoms with Gasteiger partial charge in [-0.1, -0.05) is 12.8 Å². The normalized spacial score (nSPS) is 33.5. The lowest BCUT2D eigenvalue weighted by molar-refractivity contribution is 0.000236. The summed E-state index contributed by atoms with van der Waals surface area (Å²) in [4.78, 5) is 2.55. The van der Waals surface area contributed by atoms with E-state index in [1.807, 2.05) is 0 Å². The van der Waals surface area contributed by atoms with Crippen molar-refractivity contribution in [1.29, 1.82) is 0 Å². The van der Waals surface area contributed by atoms with Crippen molar-refractivity contribution in [3.63, 3.8) is 0 Å². The maximum atomic E-state index is 10.2. The number of rotatable bonds is 6. The fourth-order valence-corrected chi connectivity index (χ4v) is 3.56. The van der Waals surface area contributed by atoms with E-state index in [4.69, 9.17) is 4.74 Å². The van der Waals surface area contributed by atoms with Crippen molar-refractivity contribution in [2.75, 3.05) is 39.9 Å². The minimum Gasteiger partial charge on any atom is -0.391 e. The van der Waals surface area contributed by atoms with Gasteiger partial charge < -0.3 is 15.2 Å². The molecule has 19 heavy (non-hydrogen) atoms. The van der Waals surface area contributed by atoms with E-state index in [1.165, 1.54) is 38.6 Å². The summed E-state index contributed by atoms with van der Waals surface area (Å²) in [6, 6.07) is 0.426. The Morgan fingerprint density at radius 3 is 2.84 bits per heavy atom. The number of aliphatic hydroxyl groups is 1. The largest absolute Gasteiger partial charge is 0.391 e. The molecule has 0 radical (unpaired) electrons. The number of nitrogens with zero attached hydrogens (tertiary/aromatic N) is 1. The summed E-state index contributed by atoms with van der Waals surface area (Å²) in [5, 5.41) is 13.7. The highest BCUT2D eigenvalue weighted by Gasteiger charge is 2.31. The van der Waals surface area contributed by atoms with Gasteiger partial charge in [0, 0.05) is 26.2 Å². The molecule has 3 atom stereocenters. The zero-order chi connectivity index (χ0) is 13.5. The summed E-state index contributed by atoms with van der Waals surface area (Å²) in [6.07, 6.45) is 7.18. The van der Waals surface area contributed by atoms with Crippen LogP contribution in [0.15, 0.2) is 0 Å². The van der Waals surface area contributed by atoms with Gasteiger partial charge in [0.05, 0.1) is 12.7 Å². The molecule has 2 N–H and O–H groups in total. The van der Waals surface area contributed by atoms with E-state index in [1.54, 1.807) is 7.11 Å². The Kier molecular flexibility index (Phi) is 6.57. The van der Waals surface area contributed by atoms with E-state index >= 15 is 0 Å². The lowest BCUT2D eigenvalue weighted by Gasteiger charge is -2.42. The molecule has 0 aromatic rings. The highest BCUT2D eigenvalue weighted by molar-refractivity contribution is 4.86. The fraction of sp³-hybridized carbons (Fsp3) is 1.00. The maximum absolute atomic E-state index is 10.2. The molecule has 1 aliphatic carbocycles. The molecule has 0 bridgehead atoms. The van der Waals surface area contributed by atoms with Crippen LogP contribution in [0.2, 0.25) is 0 Å². The first-order chi connectivity index (χ1) is 9.31.